The van der Waals surface area contributed by atoms with Crippen molar-refractivity contribution in [2.75, 3.05) is 0 Å². The molecule has 2 heterocycles. The van der Waals surface area contributed by atoms with Crippen molar-refractivity contribution >= 4 is 0 Å². The van der Waals surface area contributed by atoms with Gasteiger partial charge in [0.05, 0.1) is 11.2 Å². The van der Waals surface area contributed by atoms with Crippen molar-refractivity contribution < 1.29 is 4.74 Å². The Kier molecular flexibility index (Phi) is 6.89. The lowest BCUT2D eigenvalue weighted by Crippen LogP contribution is -2.31. The van der Waals surface area contributed by atoms with Crippen molar-refractivity contribution in [2.45, 2.75) is 136 Å². The molecule has 32 heavy (non-hydrogen) atoms. The average molecular weight is 443 g/mol. The van der Waals surface area contributed by atoms with E-state index in [2.05, 4.69) is 91.0 Å². The quantitative estimate of drug-likeness (QED) is 0.422. The molecule has 0 bridgehead atoms. The Morgan fingerprint density at radius 3 is 2.09 bits per heavy atom. The number of aromatic nitrogens is 4. The van der Waals surface area contributed by atoms with Crippen molar-refractivity contribution in [1.82, 2.24) is 19.6 Å². The van der Waals surface area contributed by atoms with Gasteiger partial charge in [0.1, 0.15) is 6.10 Å². The molecule has 1 fully saturated rings. The van der Waals surface area contributed by atoms with Gasteiger partial charge in [-0.1, -0.05) is 41.5 Å². The van der Waals surface area contributed by atoms with E-state index in [1.54, 1.807) is 0 Å². The summed E-state index contributed by atoms with van der Waals surface area (Å²) < 4.78 is 10.6. The number of rotatable bonds is 9. The SMILES string of the molecule is CCc1nn(C(C)(C)CCC(C)(C)c2cn(C(C)C)nc2OC2CCC2)cc1C(C)(C)C. The van der Waals surface area contributed by atoms with Crippen molar-refractivity contribution in [1.29, 1.82) is 0 Å². The smallest absolute Gasteiger partial charge is 0.236 e. The number of hydrogen-bond donors (Lipinski definition) is 0. The average Bonchev–Trinajstić information content (AvgIpc) is 3.28. The second-order valence-electron chi connectivity index (χ2n) is 12.3. The van der Waals surface area contributed by atoms with Crippen LogP contribution in [0.4, 0.5) is 0 Å². The van der Waals surface area contributed by atoms with E-state index in [1.165, 1.54) is 23.2 Å². The molecule has 180 valence electrons. The zero-order valence-electron chi connectivity index (χ0n) is 22.2. The molecule has 0 amide bonds. The summed E-state index contributed by atoms with van der Waals surface area (Å²) in [6, 6.07) is 0.326. The molecular weight excluding hydrogens is 396 g/mol. The van der Waals surface area contributed by atoms with Gasteiger partial charge in [0.15, 0.2) is 0 Å². The van der Waals surface area contributed by atoms with Gasteiger partial charge < -0.3 is 4.74 Å². The molecule has 3 rings (SSSR count). The van der Waals surface area contributed by atoms with Crippen LogP contribution in [0, 0.1) is 0 Å². The fourth-order valence-corrected chi connectivity index (χ4v) is 4.31. The Balaban J connectivity index is 1.81. The van der Waals surface area contributed by atoms with Crippen LogP contribution in [0.5, 0.6) is 5.88 Å². The summed E-state index contributed by atoms with van der Waals surface area (Å²) in [5.41, 5.74) is 3.84. The van der Waals surface area contributed by atoms with Gasteiger partial charge in [0.25, 0.3) is 0 Å². The molecule has 2 aromatic rings. The molecule has 5 heteroatoms. The van der Waals surface area contributed by atoms with E-state index in [0.717, 1.165) is 38.0 Å². The van der Waals surface area contributed by atoms with Crippen molar-refractivity contribution in [2.24, 2.45) is 0 Å². The standard InChI is InChI=1S/C27H46N4O/c1-11-23-21(25(4,5)6)18-31(28-23)27(9,10)16-15-26(7,8)22-17-30(19(2)3)29-24(22)32-20-13-12-14-20/h17-20H,11-16H2,1-10H3. The number of nitrogens with zero attached hydrogens (tertiary/aromatic N) is 4. The third-order valence-corrected chi connectivity index (χ3v) is 7.20. The molecule has 0 unspecified atom stereocenters. The van der Waals surface area contributed by atoms with Crippen LogP contribution < -0.4 is 4.74 Å². The first-order valence-electron chi connectivity index (χ1n) is 12.6. The van der Waals surface area contributed by atoms with Gasteiger partial charge in [-0.3, -0.25) is 9.36 Å². The number of hydrogen-bond acceptors (Lipinski definition) is 3. The van der Waals surface area contributed by atoms with E-state index < -0.39 is 0 Å². The number of ether oxygens (including phenoxy) is 1. The van der Waals surface area contributed by atoms with E-state index in [4.69, 9.17) is 14.9 Å². The maximum absolute atomic E-state index is 6.34. The summed E-state index contributed by atoms with van der Waals surface area (Å²) in [5, 5.41) is 9.85. The first-order valence-corrected chi connectivity index (χ1v) is 12.6. The molecule has 1 aliphatic rings. The Bertz CT molecular complexity index is 907. The predicted octanol–water partition coefficient (Wildman–Crippen LogP) is 6.94. The molecule has 2 aromatic heterocycles. The Morgan fingerprint density at radius 1 is 0.969 bits per heavy atom. The van der Waals surface area contributed by atoms with Gasteiger partial charge in [0, 0.05) is 24.0 Å². The van der Waals surface area contributed by atoms with Crippen LogP contribution in [0.15, 0.2) is 12.4 Å². The summed E-state index contributed by atoms with van der Waals surface area (Å²) in [6.45, 7) is 22.7. The molecular formula is C27H46N4O. The molecule has 0 saturated heterocycles. The second-order valence-corrected chi connectivity index (χ2v) is 12.3. The minimum Gasteiger partial charge on any atom is -0.473 e. The lowest BCUT2D eigenvalue weighted by molar-refractivity contribution is 0.110. The zero-order valence-corrected chi connectivity index (χ0v) is 22.2. The highest BCUT2D eigenvalue weighted by atomic mass is 16.5. The van der Waals surface area contributed by atoms with E-state index >= 15 is 0 Å². The summed E-state index contributed by atoms with van der Waals surface area (Å²) in [5.74, 6) is 0.841. The first-order chi connectivity index (χ1) is 14.7. The van der Waals surface area contributed by atoms with Gasteiger partial charge >= 0.3 is 0 Å². The van der Waals surface area contributed by atoms with Crippen LogP contribution in [-0.4, -0.2) is 25.7 Å². The minimum absolute atomic E-state index is 0.0307. The lowest BCUT2D eigenvalue weighted by atomic mass is 9.78. The fraction of sp³-hybridized carbons (Fsp3) is 0.778. The maximum Gasteiger partial charge on any atom is 0.236 e. The zero-order chi connectivity index (χ0) is 23.9. The Labute approximate surface area is 195 Å². The normalized spacial score (nSPS) is 16.0. The number of aryl methyl sites for hydroxylation is 1. The van der Waals surface area contributed by atoms with Crippen LogP contribution in [0.25, 0.3) is 0 Å². The van der Waals surface area contributed by atoms with Gasteiger partial charge in [-0.2, -0.15) is 5.10 Å². The van der Waals surface area contributed by atoms with Gasteiger partial charge in [-0.05, 0) is 82.6 Å². The summed E-state index contributed by atoms with van der Waals surface area (Å²) >= 11 is 0. The monoisotopic (exact) mass is 442 g/mol. The molecule has 0 spiro atoms. The molecule has 0 aliphatic heterocycles. The van der Waals surface area contributed by atoms with Crippen LogP contribution in [0.2, 0.25) is 0 Å². The maximum atomic E-state index is 6.34. The highest BCUT2D eigenvalue weighted by Gasteiger charge is 2.34. The molecule has 1 aliphatic carbocycles. The Morgan fingerprint density at radius 2 is 1.62 bits per heavy atom. The summed E-state index contributed by atoms with van der Waals surface area (Å²) in [7, 11) is 0. The summed E-state index contributed by atoms with van der Waals surface area (Å²) in [4.78, 5) is 0. The van der Waals surface area contributed by atoms with E-state index in [1.807, 2.05) is 0 Å². The van der Waals surface area contributed by atoms with Crippen molar-refractivity contribution in [3.8, 4) is 5.88 Å². The first kappa shape index (κ1) is 24.9. The molecule has 0 aromatic carbocycles. The highest BCUT2D eigenvalue weighted by molar-refractivity contribution is 5.32. The molecule has 5 nitrogen and oxygen atoms in total. The van der Waals surface area contributed by atoms with Gasteiger partial charge in [-0.25, -0.2) is 0 Å². The third kappa shape index (κ3) is 5.23. The highest BCUT2D eigenvalue weighted by Crippen LogP contribution is 2.40. The van der Waals surface area contributed by atoms with Crippen LogP contribution in [0.3, 0.4) is 0 Å². The topological polar surface area (TPSA) is 44.9 Å². The van der Waals surface area contributed by atoms with Crippen LogP contribution in [-0.2, 0) is 22.8 Å². The third-order valence-electron chi connectivity index (χ3n) is 7.20. The minimum atomic E-state index is -0.0618. The van der Waals surface area contributed by atoms with Crippen molar-refractivity contribution in [3.05, 3.63) is 29.2 Å². The molecule has 0 atom stereocenters. The second kappa shape index (κ2) is 8.87. The Hall–Kier alpha value is -1.78. The predicted molar refractivity (Wildman–Crippen MR) is 133 cm³/mol. The van der Waals surface area contributed by atoms with E-state index in [9.17, 15) is 0 Å². The van der Waals surface area contributed by atoms with Gasteiger partial charge in [0.2, 0.25) is 5.88 Å². The van der Waals surface area contributed by atoms with E-state index in [-0.39, 0.29) is 16.4 Å². The van der Waals surface area contributed by atoms with Crippen molar-refractivity contribution in [3.63, 3.8) is 0 Å². The van der Waals surface area contributed by atoms with E-state index in [0.29, 0.717) is 12.1 Å². The fourth-order valence-electron chi connectivity index (χ4n) is 4.31. The summed E-state index contributed by atoms with van der Waals surface area (Å²) in [6.07, 6.45) is 11.4. The van der Waals surface area contributed by atoms with Gasteiger partial charge in [-0.15, -0.1) is 5.10 Å². The van der Waals surface area contributed by atoms with Crippen LogP contribution >= 0.6 is 0 Å². The molecule has 1 saturated carbocycles. The van der Waals surface area contributed by atoms with Crippen LogP contribution in [0.1, 0.15) is 124 Å². The molecule has 0 N–H and O–H groups in total. The molecule has 0 radical (unpaired) electrons. The largest absolute Gasteiger partial charge is 0.473 e. The lowest BCUT2D eigenvalue weighted by Gasteiger charge is -2.32.